The highest BCUT2D eigenvalue weighted by molar-refractivity contribution is 5.88. The van der Waals surface area contributed by atoms with E-state index in [4.69, 9.17) is 0 Å². The molecule has 64 valence electrons. The highest BCUT2D eigenvalue weighted by atomic mass is 19.4. The fraction of sp³-hybridized carbons (Fsp3) is 0.500. The highest BCUT2D eigenvalue weighted by Gasteiger charge is 2.32. The van der Waals surface area contributed by atoms with E-state index in [-0.39, 0.29) is 0 Å². The van der Waals surface area contributed by atoms with Gasteiger partial charge in [-0.15, -0.1) is 0 Å². The molecule has 0 aliphatic rings. The molecule has 0 saturated carbocycles. The third-order valence-corrected chi connectivity index (χ3v) is 0.744. The van der Waals surface area contributed by atoms with Gasteiger partial charge in [-0.1, -0.05) is 0 Å². The van der Waals surface area contributed by atoms with Crippen molar-refractivity contribution >= 4 is 11.7 Å². The van der Waals surface area contributed by atoms with E-state index < -0.39 is 17.9 Å². The van der Waals surface area contributed by atoms with E-state index in [2.05, 4.69) is 10.8 Å². The minimum absolute atomic E-state index is 0.718. The summed E-state index contributed by atoms with van der Waals surface area (Å²) in [5, 5.41) is 2.66. The van der Waals surface area contributed by atoms with Crippen molar-refractivity contribution < 1.29 is 18.0 Å². The number of halogens is 3. The van der Waals surface area contributed by atoms with Gasteiger partial charge in [0.1, 0.15) is 5.71 Å². The molecule has 4 nitrogen and oxygen atoms in total. The first kappa shape index (κ1) is 9.73. The van der Waals surface area contributed by atoms with Crippen LogP contribution in [0, 0.1) is 0 Å². The molecule has 0 radical (unpaired) electrons. The minimum Gasteiger partial charge on any atom is -0.350 e. The van der Waals surface area contributed by atoms with E-state index in [1.54, 1.807) is 0 Å². The van der Waals surface area contributed by atoms with E-state index in [0.717, 1.165) is 6.92 Å². The summed E-state index contributed by atoms with van der Waals surface area (Å²) in [4.78, 5) is 9.87. The Kier molecular flexibility index (Phi) is 2.85. The number of rotatable bonds is 1. The molecule has 0 unspecified atom stereocenters. The van der Waals surface area contributed by atoms with E-state index in [1.807, 2.05) is 0 Å². The number of nitrogens with two attached hydrogens (primary N) is 1. The van der Waals surface area contributed by atoms with E-state index in [9.17, 15) is 18.0 Å². The van der Waals surface area contributed by atoms with Gasteiger partial charge in [0.2, 0.25) is 0 Å². The summed E-state index contributed by atoms with van der Waals surface area (Å²) in [6.07, 6.45) is -4.53. The van der Waals surface area contributed by atoms with E-state index in [1.165, 1.54) is 5.43 Å². The van der Waals surface area contributed by atoms with Gasteiger partial charge in [0.15, 0.2) is 0 Å². The Morgan fingerprint density at radius 2 is 2.00 bits per heavy atom. The Hall–Kier alpha value is -1.27. The van der Waals surface area contributed by atoms with Gasteiger partial charge in [0.05, 0.1) is 0 Å². The summed E-state index contributed by atoms with van der Waals surface area (Å²) < 4.78 is 34.7. The smallest absolute Gasteiger partial charge is 0.350 e. The lowest BCUT2D eigenvalue weighted by atomic mass is 10.4. The van der Waals surface area contributed by atoms with Crippen LogP contribution >= 0.6 is 0 Å². The van der Waals surface area contributed by atoms with Crippen LogP contribution in [-0.4, -0.2) is 17.9 Å². The number of nitrogens with zero attached hydrogens (tertiary/aromatic N) is 1. The van der Waals surface area contributed by atoms with Crippen LogP contribution < -0.4 is 11.2 Å². The standard InChI is InChI=1S/C4H6F3N3O/c1-2(4(5,6)7)9-10-3(8)11/h1H3,(H3,8,10,11)/b9-2-. The van der Waals surface area contributed by atoms with Gasteiger partial charge in [-0.25, -0.2) is 10.2 Å². The van der Waals surface area contributed by atoms with Crippen molar-refractivity contribution in [1.82, 2.24) is 5.43 Å². The van der Waals surface area contributed by atoms with Crippen molar-refractivity contribution in [3.63, 3.8) is 0 Å². The predicted octanol–water partition coefficient (Wildman–Crippen LogP) is 0.593. The molecule has 7 heteroatoms. The quantitative estimate of drug-likeness (QED) is 0.437. The fourth-order valence-corrected chi connectivity index (χ4v) is 0.202. The van der Waals surface area contributed by atoms with Crippen LogP contribution in [-0.2, 0) is 0 Å². The number of hydrogen-bond donors (Lipinski definition) is 2. The molecule has 2 amide bonds. The number of carbonyl (C=O) groups excluding carboxylic acids is 1. The highest BCUT2D eigenvalue weighted by Crippen LogP contribution is 2.15. The summed E-state index contributed by atoms with van der Waals surface area (Å²) in [7, 11) is 0. The molecule has 0 saturated heterocycles. The van der Waals surface area contributed by atoms with E-state index in [0.29, 0.717) is 0 Å². The number of nitrogens with one attached hydrogen (secondary N) is 1. The molecular formula is C4H6F3N3O. The minimum atomic E-state index is -4.53. The van der Waals surface area contributed by atoms with Crippen molar-refractivity contribution in [2.75, 3.05) is 0 Å². The van der Waals surface area contributed by atoms with Crippen molar-refractivity contribution in [3.8, 4) is 0 Å². The van der Waals surface area contributed by atoms with Crippen molar-refractivity contribution in [2.45, 2.75) is 13.1 Å². The number of amides is 2. The summed E-state index contributed by atoms with van der Waals surface area (Å²) >= 11 is 0. The first-order chi connectivity index (χ1) is 4.84. The van der Waals surface area contributed by atoms with Gasteiger partial charge < -0.3 is 5.73 Å². The molecule has 0 aliphatic carbocycles. The first-order valence-corrected chi connectivity index (χ1v) is 2.51. The van der Waals surface area contributed by atoms with Crippen LogP contribution in [0.25, 0.3) is 0 Å². The molecule has 0 fully saturated rings. The zero-order valence-electron chi connectivity index (χ0n) is 5.57. The molecule has 0 bridgehead atoms. The molecule has 0 rings (SSSR count). The fourth-order valence-electron chi connectivity index (χ4n) is 0.202. The number of carbonyl (C=O) groups is 1. The average molecular weight is 169 g/mol. The Morgan fingerprint density at radius 3 is 2.27 bits per heavy atom. The topological polar surface area (TPSA) is 67.5 Å². The Labute approximate surface area is 60.2 Å². The first-order valence-electron chi connectivity index (χ1n) is 2.51. The normalized spacial score (nSPS) is 12.9. The lowest BCUT2D eigenvalue weighted by molar-refractivity contribution is -0.0595. The van der Waals surface area contributed by atoms with Crippen molar-refractivity contribution in [2.24, 2.45) is 10.8 Å². The number of primary amides is 1. The Balaban J connectivity index is 4.12. The van der Waals surface area contributed by atoms with Crippen molar-refractivity contribution in [1.29, 1.82) is 0 Å². The average Bonchev–Trinajstić information content (AvgIpc) is 1.80. The second-order valence-electron chi connectivity index (χ2n) is 1.67. The van der Waals surface area contributed by atoms with Gasteiger partial charge in [-0.2, -0.15) is 18.3 Å². The molecule has 0 atom stereocenters. The maximum absolute atomic E-state index is 11.6. The summed E-state index contributed by atoms with van der Waals surface area (Å²) in [6.45, 7) is 0.718. The van der Waals surface area contributed by atoms with Gasteiger partial charge in [-0.3, -0.25) is 0 Å². The van der Waals surface area contributed by atoms with Crippen LogP contribution in [0.2, 0.25) is 0 Å². The Bertz CT molecular complexity index is 186. The van der Waals surface area contributed by atoms with Crippen LogP contribution in [0.15, 0.2) is 5.10 Å². The second-order valence-corrected chi connectivity index (χ2v) is 1.67. The number of urea groups is 1. The number of hydrogen-bond acceptors (Lipinski definition) is 2. The molecule has 0 aliphatic heterocycles. The van der Waals surface area contributed by atoms with Crippen LogP contribution in [0.5, 0.6) is 0 Å². The molecule has 0 aromatic rings. The number of hydrazone groups is 1. The third-order valence-electron chi connectivity index (χ3n) is 0.744. The van der Waals surface area contributed by atoms with Crippen LogP contribution in [0.1, 0.15) is 6.92 Å². The lowest BCUT2D eigenvalue weighted by Gasteiger charge is -2.03. The number of alkyl halides is 3. The third kappa shape index (κ3) is 4.18. The van der Waals surface area contributed by atoms with Gasteiger partial charge >= 0.3 is 12.2 Å². The predicted molar refractivity (Wildman–Crippen MR) is 31.9 cm³/mol. The molecule has 0 aromatic carbocycles. The molecule has 11 heavy (non-hydrogen) atoms. The zero-order chi connectivity index (χ0) is 9.07. The molecular weight excluding hydrogens is 163 g/mol. The van der Waals surface area contributed by atoms with Crippen molar-refractivity contribution in [3.05, 3.63) is 0 Å². The van der Waals surface area contributed by atoms with Gasteiger partial charge in [-0.05, 0) is 6.92 Å². The zero-order valence-corrected chi connectivity index (χ0v) is 5.57. The lowest BCUT2D eigenvalue weighted by Crippen LogP contribution is -2.29. The monoisotopic (exact) mass is 169 g/mol. The largest absolute Gasteiger partial charge is 0.430 e. The Morgan fingerprint density at radius 1 is 1.55 bits per heavy atom. The van der Waals surface area contributed by atoms with Gasteiger partial charge in [0, 0.05) is 0 Å². The van der Waals surface area contributed by atoms with E-state index >= 15 is 0 Å². The SMILES string of the molecule is C/C(=N/NC(N)=O)C(F)(F)F. The van der Waals surface area contributed by atoms with Crippen LogP contribution in [0.4, 0.5) is 18.0 Å². The summed E-state index contributed by atoms with van der Waals surface area (Å²) in [6, 6.07) is -1.13. The molecule has 0 aromatic heterocycles. The maximum Gasteiger partial charge on any atom is 0.430 e. The van der Waals surface area contributed by atoms with Gasteiger partial charge in [0.25, 0.3) is 0 Å². The second kappa shape index (κ2) is 3.22. The molecule has 0 spiro atoms. The summed E-state index contributed by atoms with van der Waals surface area (Å²) in [5.41, 5.74) is 4.76. The van der Waals surface area contributed by atoms with Crippen LogP contribution in [0.3, 0.4) is 0 Å². The molecule has 3 N–H and O–H groups in total. The molecule has 0 heterocycles. The summed E-state index contributed by atoms with van der Waals surface area (Å²) in [5.74, 6) is 0. The maximum atomic E-state index is 11.6.